The van der Waals surface area contributed by atoms with Gasteiger partial charge in [-0.2, -0.15) is 0 Å². The van der Waals surface area contributed by atoms with Crippen molar-refractivity contribution in [2.24, 2.45) is 0 Å². The fraction of sp³-hybridized carbons (Fsp3) is 0.208. The molecule has 0 aliphatic rings. The lowest BCUT2D eigenvalue weighted by atomic mass is 10.2. The summed E-state index contributed by atoms with van der Waals surface area (Å²) in [4.78, 5) is 23.5. The number of nitrogens with zero attached hydrogens (tertiary/aromatic N) is 2. The highest BCUT2D eigenvalue weighted by Gasteiger charge is 2.31. The van der Waals surface area contributed by atoms with Gasteiger partial charge in [0.1, 0.15) is 12.3 Å². The Bertz CT molecular complexity index is 1450. The van der Waals surface area contributed by atoms with E-state index in [-0.39, 0.29) is 38.5 Å². The van der Waals surface area contributed by atoms with Crippen LogP contribution in [0.5, 0.6) is 17.2 Å². The Labute approximate surface area is 218 Å². The van der Waals surface area contributed by atoms with Crippen LogP contribution in [0.4, 0.5) is 17.1 Å². The number of carbonyl (C=O) groups is 1. The molecule has 0 saturated heterocycles. The molecule has 196 valence electrons. The maximum absolute atomic E-state index is 13.8. The smallest absolute Gasteiger partial charge is 0.271 e. The number of nitro benzene ring substituents is 1. The van der Waals surface area contributed by atoms with Crippen molar-refractivity contribution in [1.82, 2.24) is 0 Å². The highest BCUT2D eigenvalue weighted by atomic mass is 35.5. The zero-order chi connectivity index (χ0) is 27.3. The molecular weight excluding hydrogens is 526 g/mol. The Kier molecular flexibility index (Phi) is 8.46. The first kappa shape index (κ1) is 27.6. The summed E-state index contributed by atoms with van der Waals surface area (Å²) in [6.45, 7) is 0.951. The Morgan fingerprint density at radius 2 is 1.62 bits per heavy atom. The molecule has 11 nitrogen and oxygen atoms in total. The van der Waals surface area contributed by atoms with Gasteiger partial charge in [-0.05, 0) is 42.8 Å². The third kappa shape index (κ3) is 6.04. The van der Waals surface area contributed by atoms with E-state index in [0.29, 0.717) is 11.3 Å². The van der Waals surface area contributed by atoms with E-state index in [9.17, 15) is 23.3 Å². The molecule has 13 heteroatoms. The van der Waals surface area contributed by atoms with Gasteiger partial charge in [-0.1, -0.05) is 17.7 Å². The number of amides is 1. The summed E-state index contributed by atoms with van der Waals surface area (Å²) in [5.41, 5.74) is 0.497. The van der Waals surface area contributed by atoms with E-state index in [2.05, 4.69) is 5.32 Å². The summed E-state index contributed by atoms with van der Waals surface area (Å²) in [5.74, 6) is -0.132. The number of methoxy groups -OCH3 is 3. The fourth-order valence-corrected chi connectivity index (χ4v) is 5.05. The molecule has 3 rings (SSSR count). The van der Waals surface area contributed by atoms with Crippen molar-refractivity contribution in [3.05, 3.63) is 75.3 Å². The molecule has 0 aromatic heterocycles. The van der Waals surface area contributed by atoms with Crippen molar-refractivity contribution >= 4 is 44.6 Å². The number of sulfonamides is 1. The van der Waals surface area contributed by atoms with Gasteiger partial charge in [-0.3, -0.25) is 19.2 Å². The normalized spacial score (nSPS) is 10.9. The predicted molar refractivity (Wildman–Crippen MR) is 139 cm³/mol. The first-order valence-corrected chi connectivity index (χ1v) is 12.5. The van der Waals surface area contributed by atoms with Crippen molar-refractivity contribution in [3.8, 4) is 17.2 Å². The van der Waals surface area contributed by atoms with Gasteiger partial charge in [0.15, 0.2) is 11.5 Å². The molecule has 0 atom stereocenters. The monoisotopic (exact) mass is 549 g/mol. The second-order valence-corrected chi connectivity index (χ2v) is 9.95. The topological polar surface area (TPSA) is 137 Å². The molecule has 0 aliphatic heterocycles. The van der Waals surface area contributed by atoms with Crippen LogP contribution in [-0.2, 0) is 14.8 Å². The number of nitrogens with one attached hydrogen (secondary N) is 1. The first-order valence-electron chi connectivity index (χ1n) is 10.6. The Morgan fingerprint density at radius 1 is 0.973 bits per heavy atom. The number of hydrogen-bond acceptors (Lipinski definition) is 8. The lowest BCUT2D eigenvalue weighted by molar-refractivity contribution is -0.384. The molecule has 0 heterocycles. The second kappa shape index (κ2) is 11.4. The van der Waals surface area contributed by atoms with Crippen LogP contribution < -0.4 is 23.8 Å². The highest BCUT2D eigenvalue weighted by molar-refractivity contribution is 7.92. The van der Waals surface area contributed by atoms with Crippen LogP contribution in [0.1, 0.15) is 5.56 Å². The third-order valence-corrected chi connectivity index (χ3v) is 7.34. The second-order valence-electron chi connectivity index (χ2n) is 7.65. The van der Waals surface area contributed by atoms with Crippen molar-refractivity contribution in [1.29, 1.82) is 0 Å². The number of nitro groups is 1. The van der Waals surface area contributed by atoms with Crippen molar-refractivity contribution in [2.75, 3.05) is 37.5 Å². The predicted octanol–water partition coefficient (Wildman–Crippen LogP) is 4.42. The molecule has 0 unspecified atom stereocenters. The average Bonchev–Trinajstić information content (AvgIpc) is 2.87. The Balaban J connectivity index is 2.09. The lowest BCUT2D eigenvalue weighted by Gasteiger charge is -2.26. The van der Waals surface area contributed by atoms with E-state index in [1.165, 1.54) is 75.9 Å². The maximum Gasteiger partial charge on any atom is 0.271 e. The summed E-state index contributed by atoms with van der Waals surface area (Å²) in [6.07, 6.45) is 0. The molecule has 0 spiro atoms. The highest BCUT2D eigenvalue weighted by Crippen LogP contribution is 2.37. The minimum atomic E-state index is -4.39. The Morgan fingerprint density at radius 3 is 2.24 bits per heavy atom. The number of aryl methyl sites for hydroxylation is 1. The van der Waals surface area contributed by atoms with Crippen molar-refractivity contribution < 1.29 is 32.3 Å². The van der Waals surface area contributed by atoms with Crippen molar-refractivity contribution in [2.45, 2.75) is 11.8 Å². The lowest BCUT2D eigenvalue weighted by Crippen LogP contribution is -2.38. The van der Waals surface area contributed by atoms with Gasteiger partial charge < -0.3 is 19.5 Å². The molecule has 1 amide bonds. The van der Waals surface area contributed by atoms with Crippen molar-refractivity contribution in [3.63, 3.8) is 0 Å². The van der Waals surface area contributed by atoms with Crippen LogP contribution in [-0.4, -0.2) is 47.1 Å². The largest absolute Gasteiger partial charge is 0.495 e. The molecule has 0 radical (unpaired) electrons. The van der Waals surface area contributed by atoms with E-state index in [0.717, 1.165) is 4.31 Å². The number of hydrogen-bond donors (Lipinski definition) is 1. The number of carbonyl (C=O) groups excluding carboxylic acids is 1. The summed E-state index contributed by atoms with van der Waals surface area (Å²) < 4.78 is 44.3. The van der Waals surface area contributed by atoms with E-state index in [4.69, 9.17) is 25.8 Å². The third-order valence-electron chi connectivity index (χ3n) is 5.35. The number of anilines is 2. The van der Waals surface area contributed by atoms with Gasteiger partial charge in [0.05, 0.1) is 42.5 Å². The molecule has 1 N–H and O–H groups in total. The van der Waals surface area contributed by atoms with E-state index in [1.807, 2.05) is 0 Å². The summed E-state index contributed by atoms with van der Waals surface area (Å²) in [5, 5.41) is 13.9. The van der Waals surface area contributed by atoms with Gasteiger partial charge in [-0.25, -0.2) is 8.42 Å². The zero-order valence-corrected chi connectivity index (χ0v) is 21.9. The van der Waals surface area contributed by atoms with Crippen LogP contribution in [0, 0.1) is 17.0 Å². The van der Waals surface area contributed by atoms with Crippen LogP contribution in [0.25, 0.3) is 0 Å². The number of halogens is 1. The van der Waals surface area contributed by atoms with Gasteiger partial charge in [-0.15, -0.1) is 0 Å². The number of non-ortho nitro benzene ring substituents is 1. The zero-order valence-electron chi connectivity index (χ0n) is 20.3. The van der Waals surface area contributed by atoms with Gasteiger partial charge in [0.25, 0.3) is 15.7 Å². The van der Waals surface area contributed by atoms with Gasteiger partial charge in [0, 0.05) is 23.2 Å². The van der Waals surface area contributed by atoms with Crippen LogP contribution in [0.15, 0.2) is 59.5 Å². The molecule has 3 aromatic carbocycles. The van der Waals surface area contributed by atoms with E-state index >= 15 is 0 Å². The van der Waals surface area contributed by atoms with Gasteiger partial charge in [0.2, 0.25) is 5.91 Å². The molecule has 37 heavy (non-hydrogen) atoms. The molecule has 3 aromatic rings. The van der Waals surface area contributed by atoms with E-state index in [1.54, 1.807) is 6.92 Å². The standard InChI is InChI=1S/C24H24ClN3O8S/c1-15-5-7-17(28(30)31)12-19(15)26-24(29)14-27(20-11-16(25)6-9-21(20)34-2)37(32,33)18-8-10-22(35-3)23(13-18)36-4/h5-13H,14H2,1-4H3,(H,26,29). The summed E-state index contributed by atoms with van der Waals surface area (Å²) in [6, 6.07) is 12.3. The number of rotatable bonds is 10. The fourth-order valence-electron chi connectivity index (χ4n) is 3.44. The molecular formula is C24H24ClN3O8S. The molecule has 0 bridgehead atoms. The summed E-state index contributed by atoms with van der Waals surface area (Å²) in [7, 11) is -0.268. The molecule has 0 aliphatic carbocycles. The molecule has 0 fully saturated rings. The van der Waals surface area contributed by atoms with Crippen LogP contribution in [0.3, 0.4) is 0 Å². The quantitative estimate of drug-likeness (QED) is 0.290. The number of ether oxygens (including phenoxy) is 3. The Hall–Kier alpha value is -4.03. The van der Waals surface area contributed by atoms with Gasteiger partial charge >= 0.3 is 0 Å². The van der Waals surface area contributed by atoms with Crippen LogP contribution >= 0.6 is 11.6 Å². The minimum Gasteiger partial charge on any atom is -0.495 e. The maximum atomic E-state index is 13.8. The SMILES string of the molecule is COc1ccc(S(=O)(=O)N(CC(=O)Nc2cc([N+](=O)[O-])ccc2C)c2cc(Cl)ccc2OC)cc1OC. The van der Waals surface area contributed by atoms with E-state index < -0.39 is 27.4 Å². The van der Waals surface area contributed by atoms with Crippen LogP contribution in [0.2, 0.25) is 5.02 Å². The first-order chi connectivity index (χ1) is 17.5. The minimum absolute atomic E-state index is 0.00991. The molecule has 0 saturated carbocycles. The summed E-state index contributed by atoms with van der Waals surface area (Å²) >= 11 is 6.16. The average molecular weight is 550 g/mol. The number of benzene rings is 3.